The van der Waals surface area contributed by atoms with Crippen LogP contribution in [-0.2, 0) is 6.54 Å². The molecule has 4 heteroatoms. The van der Waals surface area contributed by atoms with Gasteiger partial charge in [-0.1, -0.05) is 28.1 Å². The highest BCUT2D eigenvalue weighted by Gasteiger charge is 2.11. The summed E-state index contributed by atoms with van der Waals surface area (Å²) < 4.78 is 27.7. The van der Waals surface area contributed by atoms with Crippen molar-refractivity contribution in [2.75, 3.05) is 0 Å². The van der Waals surface area contributed by atoms with Crippen molar-refractivity contribution in [2.24, 2.45) is 0 Å². The van der Waals surface area contributed by atoms with Gasteiger partial charge in [-0.05, 0) is 42.8 Å². The lowest BCUT2D eigenvalue weighted by atomic mass is 10.1. The first-order chi connectivity index (χ1) is 9.06. The van der Waals surface area contributed by atoms with Gasteiger partial charge in [0.1, 0.15) is 11.6 Å². The summed E-state index contributed by atoms with van der Waals surface area (Å²) in [7, 11) is 0. The van der Waals surface area contributed by atoms with Crippen LogP contribution in [0.15, 0.2) is 46.9 Å². The molecule has 0 amide bonds. The van der Waals surface area contributed by atoms with Gasteiger partial charge in [-0.2, -0.15) is 0 Å². The average Bonchev–Trinajstić information content (AvgIpc) is 2.40. The Balaban J connectivity index is 2.03. The van der Waals surface area contributed by atoms with Gasteiger partial charge >= 0.3 is 0 Å². The first kappa shape index (κ1) is 14.2. The second-order valence-electron chi connectivity index (χ2n) is 4.39. The fourth-order valence-electron chi connectivity index (χ4n) is 1.83. The number of rotatable bonds is 4. The van der Waals surface area contributed by atoms with E-state index in [0.29, 0.717) is 12.1 Å². The van der Waals surface area contributed by atoms with Crippen molar-refractivity contribution in [3.05, 3.63) is 69.7 Å². The molecule has 0 radical (unpaired) electrons. The minimum atomic E-state index is -0.423. The normalized spacial score (nSPS) is 12.4. The van der Waals surface area contributed by atoms with E-state index < -0.39 is 11.6 Å². The molecule has 0 aliphatic rings. The van der Waals surface area contributed by atoms with Crippen molar-refractivity contribution >= 4 is 15.9 Å². The van der Waals surface area contributed by atoms with Crippen molar-refractivity contribution in [1.29, 1.82) is 0 Å². The summed E-state index contributed by atoms with van der Waals surface area (Å²) in [4.78, 5) is 0. The standard InChI is InChI=1S/C15H14BrF2N/c1-10(14-8-13(17)6-7-15(14)18)19-9-11-2-4-12(16)5-3-11/h2-8,10,19H,9H2,1H3. The van der Waals surface area contributed by atoms with Crippen LogP contribution in [0.5, 0.6) is 0 Å². The summed E-state index contributed by atoms with van der Waals surface area (Å²) in [6.07, 6.45) is 0. The van der Waals surface area contributed by atoms with Crippen molar-refractivity contribution in [1.82, 2.24) is 5.32 Å². The van der Waals surface area contributed by atoms with Crippen LogP contribution in [0.3, 0.4) is 0 Å². The predicted octanol–water partition coefficient (Wildman–Crippen LogP) is 4.58. The molecule has 1 N–H and O–H groups in total. The largest absolute Gasteiger partial charge is 0.306 e. The summed E-state index contributed by atoms with van der Waals surface area (Å²) in [5, 5.41) is 3.18. The van der Waals surface area contributed by atoms with Crippen LogP contribution >= 0.6 is 15.9 Å². The molecule has 1 nitrogen and oxygen atoms in total. The SMILES string of the molecule is CC(NCc1ccc(Br)cc1)c1cc(F)ccc1F. The molecule has 0 spiro atoms. The lowest BCUT2D eigenvalue weighted by Crippen LogP contribution is -2.19. The lowest BCUT2D eigenvalue weighted by Gasteiger charge is -2.15. The molecular formula is C15H14BrF2N. The molecule has 1 unspecified atom stereocenters. The predicted molar refractivity (Wildman–Crippen MR) is 75.8 cm³/mol. The van der Waals surface area contributed by atoms with Crippen molar-refractivity contribution in [2.45, 2.75) is 19.5 Å². The molecule has 2 aromatic carbocycles. The van der Waals surface area contributed by atoms with E-state index in [0.717, 1.165) is 22.2 Å². The maximum Gasteiger partial charge on any atom is 0.128 e. The van der Waals surface area contributed by atoms with Crippen LogP contribution in [0, 0.1) is 11.6 Å². The van der Waals surface area contributed by atoms with Gasteiger partial charge in [0.25, 0.3) is 0 Å². The number of hydrogen-bond donors (Lipinski definition) is 1. The van der Waals surface area contributed by atoms with Crippen molar-refractivity contribution < 1.29 is 8.78 Å². The first-order valence-corrected chi connectivity index (χ1v) is 6.78. The van der Waals surface area contributed by atoms with Crippen LogP contribution in [0.25, 0.3) is 0 Å². The van der Waals surface area contributed by atoms with Gasteiger partial charge in [-0.15, -0.1) is 0 Å². The molecule has 100 valence electrons. The Kier molecular flexibility index (Phi) is 4.66. The van der Waals surface area contributed by atoms with Crippen molar-refractivity contribution in [3.8, 4) is 0 Å². The summed E-state index contributed by atoms with van der Waals surface area (Å²) >= 11 is 3.37. The molecule has 19 heavy (non-hydrogen) atoms. The number of benzene rings is 2. The van der Waals surface area contributed by atoms with E-state index in [1.807, 2.05) is 31.2 Å². The van der Waals surface area contributed by atoms with Gasteiger partial charge < -0.3 is 5.32 Å². The van der Waals surface area contributed by atoms with Crippen molar-refractivity contribution in [3.63, 3.8) is 0 Å². The molecule has 0 bridgehead atoms. The lowest BCUT2D eigenvalue weighted by molar-refractivity contribution is 0.518. The van der Waals surface area contributed by atoms with Gasteiger partial charge in [0.15, 0.2) is 0 Å². The summed E-state index contributed by atoms with van der Waals surface area (Å²) in [5.74, 6) is -0.814. The minimum Gasteiger partial charge on any atom is -0.306 e. The van der Waals surface area contributed by atoms with E-state index in [1.165, 1.54) is 6.07 Å². The Morgan fingerprint density at radius 3 is 2.47 bits per heavy atom. The maximum atomic E-state index is 13.6. The third-order valence-corrected chi connectivity index (χ3v) is 3.48. The van der Waals surface area contributed by atoms with Gasteiger partial charge in [-0.25, -0.2) is 8.78 Å². The van der Waals surface area contributed by atoms with Gasteiger partial charge in [-0.3, -0.25) is 0 Å². The quantitative estimate of drug-likeness (QED) is 0.867. The van der Waals surface area contributed by atoms with E-state index in [4.69, 9.17) is 0 Å². The zero-order chi connectivity index (χ0) is 13.8. The Morgan fingerprint density at radius 2 is 1.79 bits per heavy atom. The fourth-order valence-corrected chi connectivity index (χ4v) is 2.09. The topological polar surface area (TPSA) is 12.0 Å². The Hall–Kier alpha value is -1.26. The summed E-state index contributed by atoms with van der Waals surface area (Å²) in [6.45, 7) is 2.42. The van der Waals surface area contributed by atoms with E-state index in [-0.39, 0.29) is 6.04 Å². The molecule has 0 saturated heterocycles. The molecule has 0 saturated carbocycles. The van der Waals surface area contributed by atoms with E-state index >= 15 is 0 Å². The molecule has 1 atom stereocenters. The summed E-state index contributed by atoms with van der Waals surface area (Å²) in [5.41, 5.74) is 1.43. The zero-order valence-corrected chi connectivity index (χ0v) is 12.0. The van der Waals surface area contributed by atoms with Gasteiger partial charge in [0, 0.05) is 22.6 Å². The molecular weight excluding hydrogens is 312 g/mol. The molecule has 2 rings (SSSR count). The van der Waals surface area contributed by atoms with Crippen LogP contribution in [0.1, 0.15) is 24.1 Å². The monoisotopic (exact) mass is 325 g/mol. The van der Waals surface area contributed by atoms with E-state index in [2.05, 4.69) is 21.2 Å². The second-order valence-corrected chi connectivity index (χ2v) is 5.31. The smallest absolute Gasteiger partial charge is 0.128 e. The van der Waals surface area contributed by atoms with E-state index in [1.54, 1.807) is 0 Å². The first-order valence-electron chi connectivity index (χ1n) is 5.99. The highest BCUT2D eigenvalue weighted by molar-refractivity contribution is 9.10. The average molecular weight is 326 g/mol. The van der Waals surface area contributed by atoms with Crippen LogP contribution in [0.4, 0.5) is 8.78 Å². The maximum absolute atomic E-state index is 13.6. The van der Waals surface area contributed by atoms with Crippen LogP contribution in [-0.4, -0.2) is 0 Å². The summed E-state index contributed by atoms with van der Waals surface area (Å²) in [6, 6.07) is 11.1. The highest BCUT2D eigenvalue weighted by Crippen LogP contribution is 2.19. The zero-order valence-electron chi connectivity index (χ0n) is 10.5. The van der Waals surface area contributed by atoms with Gasteiger partial charge in [0.2, 0.25) is 0 Å². The Morgan fingerprint density at radius 1 is 1.11 bits per heavy atom. The third kappa shape index (κ3) is 3.85. The van der Waals surface area contributed by atoms with Gasteiger partial charge in [0.05, 0.1) is 0 Å². The Bertz CT molecular complexity index is 555. The highest BCUT2D eigenvalue weighted by atomic mass is 79.9. The van der Waals surface area contributed by atoms with Crippen LogP contribution < -0.4 is 5.32 Å². The molecule has 0 aliphatic heterocycles. The Labute approximate surface area is 119 Å². The fraction of sp³-hybridized carbons (Fsp3) is 0.200. The van der Waals surface area contributed by atoms with Crippen LogP contribution in [0.2, 0.25) is 0 Å². The molecule has 0 aromatic heterocycles. The molecule has 0 fully saturated rings. The van der Waals surface area contributed by atoms with E-state index in [9.17, 15) is 8.78 Å². The molecule has 0 heterocycles. The third-order valence-electron chi connectivity index (χ3n) is 2.95. The minimum absolute atomic E-state index is 0.251. The number of nitrogens with one attached hydrogen (secondary N) is 1. The second kappa shape index (κ2) is 6.26. The number of hydrogen-bond acceptors (Lipinski definition) is 1. The molecule has 2 aromatic rings. The number of halogens is 3. The molecule has 0 aliphatic carbocycles.